The van der Waals surface area contributed by atoms with Gasteiger partial charge in [-0.1, -0.05) is 47.5 Å². The summed E-state index contributed by atoms with van der Waals surface area (Å²) in [5.41, 5.74) is 3.11. The van der Waals surface area contributed by atoms with Crippen LogP contribution >= 0.6 is 23.2 Å². The smallest absolute Gasteiger partial charge is 0.335 e. The van der Waals surface area contributed by atoms with Gasteiger partial charge in [-0.15, -0.1) is 0 Å². The molecule has 0 fully saturated rings. The predicted octanol–water partition coefficient (Wildman–Crippen LogP) is 5.52. The third-order valence-electron chi connectivity index (χ3n) is 4.88. The van der Waals surface area contributed by atoms with Crippen LogP contribution in [0.3, 0.4) is 0 Å². The molecule has 24 heavy (non-hydrogen) atoms. The molecule has 4 rings (SSSR count). The van der Waals surface area contributed by atoms with Gasteiger partial charge in [-0.2, -0.15) is 0 Å². The number of carboxylic acids is 1. The number of halogens is 2. The minimum atomic E-state index is -0.963. The minimum Gasteiger partial charge on any atom is -0.478 e. The fraction of sp³-hybridized carbons (Fsp3) is 0.211. The molecule has 1 aliphatic carbocycles. The van der Waals surface area contributed by atoms with Crippen molar-refractivity contribution in [1.29, 1.82) is 0 Å². The molecule has 3 nitrogen and oxygen atoms in total. The van der Waals surface area contributed by atoms with Crippen LogP contribution in [0.5, 0.6) is 0 Å². The lowest BCUT2D eigenvalue weighted by Gasteiger charge is -2.38. The fourth-order valence-electron chi connectivity index (χ4n) is 3.81. The number of aromatic carboxylic acids is 1. The average molecular weight is 360 g/mol. The van der Waals surface area contributed by atoms with Crippen LogP contribution in [0.1, 0.15) is 39.9 Å². The molecule has 0 radical (unpaired) electrons. The number of nitrogens with one attached hydrogen (secondary N) is 1. The van der Waals surface area contributed by atoms with Gasteiger partial charge in [0.15, 0.2) is 0 Å². The second-order valence-electron chi connectivity index (χ2n) is 6.26. The van der Waals surface area contributed by atoms with E-state index < -0.39 is 5.97 Å². The first kappa shape index (κ1) is 15.6. The Morgan fingerprint density at radius 3 is 2.79 bits per heavy atom. The third-order valence-corrected chi connectivity index (χ3v) is 5.41. The Bertz CT molecular complexity index is 862. The van der Waals surface area contributed by atoms with Gasteiger partial charge >= 0.3 is 5.97 Å². The van der Waals surface area contributed by atoms with Crippen LogP contribution in [0.2, 0.25) is 10.0 Å². The molecule has 0 bridgehead atoms. The van der Waals surface area contributed by atoms with Crippen LogP contribution in [0.25, 0.3) is 0 Å². The zero-order valence-corrected chi connectivity index (χ0v) is 14.2. The van der Waals surface area contributed by atoms with Crippen LogP contribution < -0.4 is 5.32 Å². The quantitative estimate of drug-likeness (QED) is 0.694. The fourth-order valence-corrected chi connectivity index (χ4v) is 4.29. The second-order valence-corrected chi connectivity index (χ2v) is 7.10. The van der Waals surface area contributed by atoms with Gasteiger partial charge in [-0.3, -0.25) is 0 Å². The van der Waals surface area contributed by atoms with E-state index in [9.17, 15) is 9.90 Å². The Hall–Kier alpha value is -1.97. The molecule has 3 atom stereocenters. The molecule has 0 spiro atoms. The maximum Gasteiger partial charge on any atom is 0.335 e. The summed E-state index contributed by atoms with van der Waals surface area (Å²) in [4.78, 5) is 11.3. The lowest BCUT2D eigenvalue weighted by Crippen LogP contribution is -2.29. The first-order chi connectivity index (χ1) is 11.5. The van der Waals surface area contributed by atoms with Crippen molar-refractivity contribution in [2.45, 2.75) is 18.4 Å². The van der Waals surface area contributed by atoms with E-state index in [0.717, 1.165) is 23.2 Å². The number of allylic oxidation sites excluding steroid dienone is 2. The van der Waals surface area contributed by atoms with Gasteiger partial charge in [0.25, 0.3) is 0 Å². The number of hydrogen-bond acceptors (Lipinski definition) is 2. The number of carboxylic acid groups (broad SMARTS) is 1. The number of benzene rings is 2. The normalized spacial score (nSPS) is 24.2. The van der Waals surface area contributed by atoms with Crippen molar-refractivity contribution in [3.05, 3.63) is 75.3 Å². The van der Waals surface area contributed by atoms with E-state index in [1.54, 1.807) is 6.07 Å². The number of fused-ring (bicyclic) bond motifs is 3. The molecule has 0 amide bonds. The van der Waals surface area contributed by atoms with Crippen LogP contribution in [0.15, 0.2) is 48.6 Å². The van der Waals surface area contributed by atoms with Gasteiger partial charge < -0.3 is 10.4 Å². The molecule has 0 saturated heterocycles. The first-order valence-corrected chi connectivity index (χ1v) is 8.55. The average Bonchev–Trinajstić information content (AvgIpc) is 3.04. The molecule has 2 aromatic rings. The highest BCUT2D eigenvalue weighted by Gasteiger charge is 2.39. The maximum absolute atomic E-state index is 11.3. The topological polar surface area (TPSA) is 49.3 Å². The van der Waals surface area contributed by atoms with E-state index in [4.69, 9.17) is 23.2 Å². The summed E-state index contributed by atoms with van der Waals surface area (Å²) < 4.78 is 0. The van der Waals surface area contributed by atoms with Crippen molar-refractivity contribution in [3.8, 4) is 0 Å². The highest BCUT2D eigenvalue weighted by Crippen LogP contribution is 2.51. The SMILES string of the molecule is O=C(O)c1cc(Cl)c2c(c1)[C@H]1C=CC[C@@H]1[C@H](c1cccc(Cl)c1)N2. The van der Waals surface area contributed by atoms with E-state index >= 15 is 0 Å². The summed E-state index contributed by atoms with van der Waals surface area (Å²) in [5.74, 6) is -0.492. The van der Waals surface area contributed by atoms with Crippen LogP contribution in [0, 0.1) is 5.92 Å². The molecule has 2 aliphatic rings. The Balaban J connectivity index is 1.83. The summed E-state index contributed by atoms with van der Waals surface area (Å²) >= 11 is 12.5. The number of hydrogen-bond donors (Lipinski definition) is 2. The van der Waals surface area contributed by atoms with Crippen molar-refractivity contribution >= 4 is 34.9 Å². The van der Waals surface area contributed by atoms with Crippen molar-refractivity contribution in [2.24, 2.45) is 5.92 Å². The van der Waals surface area contributed by atoms with Crippen molar-refractivity contribution in [3.63, 3.8) is 0 Å². The predicted molar refractivity (Wildman–Crippen MR) is 96.2 cm³/mol. The molecular weight excluding hydrogens is 345 g/mol. The zero-order chi connectivity index (χ0) is 16.8. The summed E-state index contributed by atoms with van der Waals surface area (Å²) in [6, 6.07) is 11.2. The number of rotatable bonds is 2. The minimum absolute atomic E-state index is 0.0874. The molecule has 0 saturated carbocycles. The number of anilines is 1. The Labute approximate surface area is 149 Å². The van der Waals surface area contributed by atoms with E-state index in [1.807, 2.05) is 18.2 Å². The van der Waals surface area contributed by atoms with E-state index in [1.165, 1.54) is 6.07 Å². The molecular formula is C19H15Cl2NO2. The van der Waals surface area contributed by atoms with Crippen molar-refractivity contribution in [1.82, 2.24) is 0 Å². The number of carbonyl (C=O) groups is 1. The zero-order valence-electron chi connectivity index (χ0n) is 12.7. The van der Waals surface area contributed by atoms with Gasteiger partial charge in [-0.05, 0) is 47.7 Å². The lowest BCUT2D eigenvalue weighted by molar-refractivity contribution is 0.0696. The Kier molecular flexibility index (Phi) is 3.78. The Morgan fingerprint density at radius 1 is 1.21 bits per heavy atom. The lowest BCUT2D eigenvalue weighted by atomic mass is 9.76. The molecule has 0 unspecified atom stereocenters. The van der Waals surface area contributed by atoms with E-state index in [2.05, 4.69) is 23.5 Å². The van der Waals surface area contributed by atoms with Crippen molar-refractivity contribution in [2.75, 3.05) is 5.32 Å². The third kappa shape index (κ3) is 2.48. The monoisotopic (exact) mass is 359 g/mol. The van der Waals surface area contributed by atoms with E-state index in [-0.39, 0.29) is 17.5 Å². The molecule has 0 aromatic heterocycles. The highest BCUT2D eigenvalue weighted by atomic mass is 35.5. The highest BCUT2D eigenvalue weighted by molar-refractivity contribution is 6.34. The first-order valence-electron chi connectivity index (χ1n) is 7.80. The molecule has 122 valence electrons. The largest absolute Gasteiger partial charge is 0.478 e. The van der Waals surface area contributed by atoms with Crippen molar-refractivity contribution < 1.29 is 9.90 Å². The van der Waals surface area contributed by atoms with Gasteiger partial charge in [0.2, 0.25) is 0 Å². The van der Waals surface area contributed by atoms with E-state index in [0.29, 0.717) is 16.0 Å². The molecule has 2 aromatic carbocycles. The van der Waals surface area contributed by atoms with Crippen LogP contribution in [-0.2, 0) is 0 Å². The molecule has 1 aliphatic heterocycles. The maximum atomic E-state index is 11.3. The molecule has 5 heteroatoms. The molecule has 1 heterocycles. The summed E-state index contributed by atoms with van der Waals surface area (Å²) in [5, 5.41) is 14.0. The second kappa shape index (κ2) is 5.83. The van der Waals surface area contributed by atoms with Gasteiger partial charge in [0, 0.05) is 10.9 Å². The van der Waals surface area contributed by atoms with Gasteiger partial charge in [0.05, 0.1) is 22.3 Å². The summed E-state index contributed by atoms with van der Waals surface area (Å²) in [6.45, 7) is 0. The Morgan fingerprint density at radius 2 is 2.04 bits per heavy atom. The summed E-state index contributed by atoms with van der Waals surface area (Å²) in [7, 11) is 0. The van der Waals surface area contributed by atoms with Gasteiger partial charge in [0.1, 0.15) is 0 Å². The molecule has 2 N–H and O–H groups in total. The van der Waals surface area contributed by atoms with Crippen LogP contribution in [0.4, 0.5) is 5.69 Å². The van der Waals surface area contributed by atoms with Gasteiger partial charge in [-0.25, -0.2) is 4.79 Å². The standard InChI is InChI=1S/C19H15Cl2NO2/c20-12-4-1-3-10(7-12)17-14-6-2-5-13(14)15-8-11(19(23)24)9-16(21)18(15)22-17/h1-5,7-9,13-14,17,22H,6H2,(H,23,24)/t13-,14-,17-/m0/s1. The summed E-state index contributed by atoms with van der Waals surface area (Å²) in [6.07, 6.45) is 5.25. The van der Waals surface area contributed by atoms with Crippen LogP contribution in [-0.4, -0.2) is 11.1 Å².